The third-order valence-electron chi connectivity index (χ3n) is 5.25. The molecule has 2 N–H and O–H groups in total. The van der Waals surface area contributed by atoms with E-state index in [9.17, 15) is 62.3 Å². The Labute approximate surface area is 236 Å². The van der Waals surface area contributed by atoms with Crippen molar-refractivity contribution in [2.24, 2.45) is 0 Å². The van der Waals surface area contributed by atoms with Gasteiger partial charge in [-0.15, -0.1) is 0 Å². The third kappa shape index (κ3) is 7.54. The number of hydrogen-bond acceptors (Lipinski definition) is 2. The maximum absolute atomic E-state index is 14.2. The molecule has 0 saturated heterocycles. The maximum Gasteiger partial charge on any atom is 0.435 e. The van der Waals surface area contributed by atoms with Gasteiger partial charge >= 0.3 is 24.2 Å². The Balaban J connectivity index is 0.000000468. The van der Waals surface area contributed by atoms with Crippen molar-refractivity contribution in [1.29, 1.82) is 0 Å². The molecule has 0 aliphatic carbocycles. The predicted octanol–water partition coefficient (Wildman–Crippen LogP) is 8.33. The quantitative estimate of drug-likeness (QED) is 0.272. The van der Waals surface area contributed by atoms with Gasteiger partial charge in [0.25, 0.3) is 11.8 Å². The van der Waals surface area contributed by atoms with Gasteiger partial charge in [-0.2, -0.15) is 39.5 Å². The average Bonchev–Trinajstić information content (AvgIpc) is 2.87. The molecule has 0 saturated carbocycles. The van der Waals surface area contributed by atoms with Crippen molar-refractivity contribution in [2.75, 3.05) is 12.4 Å². The fourth-order valence-electron chi connectivity index (χ4n) is 3.24. The van der Waals surface area contributed by atoms with Crippen molar-refractivity contribution in [3.8, 4) is 0 Å². The number of rotatable bonds is 4. The normalized spacial score (nSPS) is 12.2. The second-order valence-corrected chi connectivity index (χ2v) is 8.91. The number of alkyl halides is 10. The predicted molar refractivity (Wildman–Crippen MR) is 128 cm³/mol. The second-order valence-electron chi connectivity index (χ2n) is 8.06. The lowest BCUT2D eigenvalue weighted by Gasteiger charge is -2.31. The zero-order chi connectivity index (χ0) is 32.3. The van der Waals surface area contributed by atoms with E-state index in [1.165, 1.54) is 25.2 Å². The number of anilines is 1. The Hall–Kier alpha value is -3.76. The van der Waals surface area contributed by atoms with Gasteiger partial charge in [0, 0.05) is 22.6 Å². The molecule has 42 heavy (non-hydrogen) atoms. The van der Waals surface area contributed by atoms with Crippen molar-refractivity contribution < 1.29 is 62.3 Å². The van der Waals surface area contributed by atoms with E-state index in [4.69, 9.17) is 0 Å². The van der Waals surface area contributed by atoms with Gasteiger partial charge in [0.15, 0.2) is 0 Å². The Morgan fingerprint density at radius 3 is 1.79 bits per heavy atom. The summed E-state index contributed by atoms with van der Waals surface area (Å²) in [5.41, 5.74) is -12.6. The SMILES string of the molecule is CNC(=O)c1cccc(F)c1.O=C(Nc1c(Br)cc(C(F)(C(F)(F)F)C(F)(F)F)cc1C(F)(F)F)c1ccccc1F. The van der Waals surface area contributed by atoms with Crippen molar-refractivity contribution in [1.82, 2.24) is 5.32 Å². The highest BCUT2D eigenvalue weighted by molar-refractivity contribution is 9.10. The molecule has 0 spiro atoms. The molecule has 4 nitrogen and oxygen atoms in total. The first-order valence-electron chi connectivity index (χ1n) is 10.9. The monoisotopic (exact) mass is 682 g/mol. The first-order chi connectivity index (χ1) is 19.1. The lowest BCUT2D eigenvalue weighted by molar-refractivity contribution is -0.348. The molecule has 0 aliphatic heterocycles. The zero-order valence-corrected chi connectivity index (χ0v) is 22.1. The van der Waals surface area contributed by atoms with Gasteiger partial charge in [-0.25, -0.2) is 13.2 Å². The minimum Gasteiger partial charge on any atom is -0.355 e. The van der Waals surface area contributed by atoms with Crippen molar-refractivity contribution in [2.45, 2.75) is 24.2 Å². The number of halogens is 13. The summed E-state index contributed by atoms with van der Waals surface area (Å²) in [5, 5.41) is 3.97. The van der Waals surface area contributed by atoms with Crippen LogP contribution in [-0.2, 0) is 11.8 Å². The summed E-state index contributed by atoms with van der Waals surface area (Å²) >= 11 is 2.33. The van der Waals surface area contributed by atoms with Gasteiger partial charge in [0.2, 0.25) is 0 Å². The molecule has 0 atom stereocenters. The van der Waals surface area contributed by atoms with Gasteiger partial charge in [0.1, 0.15) is 11.6 Å². The van der Waals surface area contributed by atoms with E-state index in [-0.39, 0.29) is 12.0 Å². The zero-order valence-electron chi connectivity index (χ0n) is 20.5. The molecule has 3 rings (SSSR count). The van der Waals surface area contributed by atoms with E-state index in [0.717, 1.165) is 24.3 Å². The standard InChI is InChI=1S/C17H7BrF11NO.C8H8FNO/c18-10-6-7(14(20,16(24,25)26)17(27,28)29)5-9(15(21,22)23)12(10)30-13(31)8-3-1-2-4-11(8)19;1-10-8(11)6-3-2-4-7(9)5-6/h1-6H,(H,30,31);2-5H,1H3,(H,10,11). The molecule has 0 heterocycles. The molecule has 0 fully saturated rings. The number of carbonyl (C=O) groups excluding carboxylic acids is 2. The molecule has 0 aliphatic rings. The summed E-state index contributed by atoms with van der Waals surface area (Å²) in [6.07, 6.45) is -19.0. The highest BCUT2D eigenvalue weighted by Crippen LogP contribution is 2.55. The van der Waals surface area contributed by atoms with Gasteiger partial charge in [0.05, 0.1) is 16.8 Å². The molecule has 17 heteroatoms. The minimum atomic E-state index is -6.66. The van der Waals surface area contributed by atoms with Crippen LogP contribution in [0, 0.1) is 11.6 Å². The summed E-state index contributed by atoms with van der Waals surface area (Å²) < 4.78 is 157. The number of benzene rings is 3. The van der Waals surface area contributed by atoms with E-state index < -0.39 is 74.7 Å². The second kappa shape index (κ2) is 12.6. The Morgan fingerprint density at radius 2 is 1.31 bits per heavy atom. The van der Waals surface area contributed by atoms with Crippen LogP contribution >= 0.6 is 15.9 Å². The molecule has 2 amide bonds. The molecule has 0 radical (unpaired) electrons. The van der Waals surface area contributed by atoms with Gasteiger partial charge in [-0.3, -0.25) is 9.59 Å². The number of carbonyl (C=O) groups is 2. The van der Waals surface area contributed by atoms with Crippen LogP contribution in [0.5, 0.6) is 0 Å². The van der Waals surface area contributed by atoms with Crippen LogP contribution in [0.15, 0.2) is 65.1 Å². The Morgan fingerprint density at radius 1 is 0.738 bits per heavy atom. The van der Waals surface area contributed by atoms with Crippen molar-refractivity contribution in [3.63, 3.8) is 0 Å². The van der Waals surface area contributed by atoms with E-state index in [1.807, 2.05) is 0 Å². The average molecular weight is 683 g/mol. The molecule has 3 aromatic rings. The number of amides is 2. The third-order valence-corrected chi connectivity index (χ3v) is 5.87. The Kier molecular flexibility index (Phi) is 10.4. The largest absolute Gasteiger partial charge is 0.435 e. The summed E-state index contributed by atoms with van der Waals surface area (Å²) in [6.45, 7) is 0. The molecule has 228 valence electrons. The fourth-order valence-corrected chi connectivity index (χ4v) is 3.80. The topological polar surface area (TPSA) is 58.2 Å². The van der Waals surface area contributed by atoms with Crippen LogP contribution in [0.2, 0.25) is 0 Å². The van der Waals surface area contributed by atoms with E-state index in [2.05, 4.69) is 21.2 Å². The molecular weight excluding hydrogens is 668 g/mol. The van der Waals surface area contributed by atoms with Gasteiger partial charge in [-0.05, 0) is 58.4 Å². The maximum atomic E-state index is 14.2. The molecular formula is C25H15BrF12N2O2. The van der Waals surface area contributed by atoms with E-state index >= 15 is 0 Å². The Bertz CT molecular complexity index is 1440. The highest BCUT2D eigenvalue weighted by atomic mass is 79.9. The van der Waals surface area contributed by atoms with Gasteiger partial charge < -0.3 is 10.6 Å². The van der Waals surface area contributed by atoms with Crippen LogP contribution in [0.1, 0.15) is 31.8 Å². The molecule has 3 aromatic carbocycles. The van der Waals surface area contributed by atoms with E-state index in [0.29, 0.717) is 5.56 Å². The van der Waals surface area contributed by atoms with Crippen LogP contribution in [-0.4, -0.2) is 31.2 Å². The molecule has 0 bridgehead atoms. The number of nitrogens with one attached hydrogen (secondary N) is 2. The lowest BCUT2D eigenvalue weighted by atomic mass is 9.92. The number of hydrogen-bond donors (Lipinski definition) is 2. The van der Waals surface area contributed by atoms with Crippen LogP contribution < -0.4 is 10.6 Å². The lowest BCUT2D eigenvalue weighted by Crippen LogP contribution is -2.50. The van der Waals surface area contributed by atoms with Crippen LogP contribution in [0.4, 0.5) is 58.4 Å². The van der Waals surface area contributed by atoms with Crippen LogP contribution in [0.25, 0.3) is 0 Å². The van der Waals surface area contributed by atoms with Crippen molar-refractivity contribution >= 4 is 33.4 Å². The summed E-state index contributed by atoms with van der Waals surface area (Å²) in [4.78, 5) is 23.0. The molecule has 0 unspecified atom stereocenters. The van der Waals surface area contributed by atoms with Crippen molar-refractivity contribution in [3.05, 3.63) is 99.0 Å². The first-order valence-corrected chi connectivity index (χ1v) is 11.7. The fraction of sp³-hybridized carbons (Fsp3) is 0.200. The minimum absolute atomic E-state index is 0.201. The van der Waals surface area contributed by atoms with Crippen LogP contribution in [0.3, 0.4) is 0 Å². The molecule has 0 aromatic heterocycles. The summed E-state index contributed by atoms with van der Waals surface area (Å²) in [6, 6.07) is 8.56. The highest BCUT2D eigenvalue weighted by Gasteiger charge is 2.73. The summed E-state index contributed by atoms with van der Waals surface area (Å²) in [7, 11) is 1.51. The van der Waals surface area contributed by atoms with Gasteiger partial charge in [-0.1, -0.05) is 18.2 Å². The smallest absolute Gasteiger partial charge is 0.355 e. The van der Waals surface area contributed by atoms with E-state index in [1.54, 1.807) is 11.4 Å². The summed E-state index contributed by atoms with van der Waals surface area (Å²) in [5.74, 6) is -3.33. The first kappa shape index (κ1) is 34.4.